The van der Waals surface area contributed by atoms with E-state index in [1.165, 1.54) is 4.90 Å². The zero-order chi connectivity index (χ0) is 17.7. The summed E-state index contributed by atoms with van der Waals surface area (Å²) < 4.78 is 43.8. The first-order valence-electron chi connectivity index (χ1n) is 7.76. The Bertz CT molecular complexity index is 473. The molecule has 1 aliphatic carbocycles. The van der Waals surface area contributed by atoms with E-state index in [1.807, 2.05) is 20.8 Å². The van der Waals surface area contributed by atoms with Crippen molar-refractivity contribution >= 4 is 6.03 Å². The van der Waals surface area contributed by atoms with E-state index >= 15 is 0 Å². The first kappa shape index (κ1) is 18.3. The zero-order valence-corrected chi connectivity index (χ0v) is 14.0. The summed E-state index contributed by atoms with van der Waals surface area (Å²) in [6, 6.07) is -0.478. The maximum absolute atomic E-state index is 12.8. The van der Waals surface area contributed by atoms with Crippen LogP contribution in [-0.4, -0.2) is 59.7 Å². The lowest BCUT2D eigenvalue weighted by Crippen LogP contribution is -2.69. The Hall–Kier alpha value is -1.02. The number of ether oxygens (including phenoxy) is 1. The fourth-order valence-corrected chi connectivity index (χ4v) is 3.33. The Morgan fingerprint density at radius 1 is 1.26 bits per heavy atom. The molecule has 134 valence electrons. The molecular weight excluding hydrogens is 313 g/mol. The Kier molecular flexibility index (Phi) is 4.39. The molecule has 2 rings (SSSR count). The van der Waals surface area contributed by atoms with Crippen LogP contribution in [0.2, 0.25) is 0 Å². The van der Waals surface area contributed by atoms with Crippen molar-refractivity contribution in [1.82, 2.24) is 10.2 Å². The van der Waals surface area contributed by atoms with Crippen LogP contribution in [0.15, 0.2) is 0 Å². The van der Waals surface area contributed by atoms with Crippen LogP contribution in [0.5, 0.6) is 0 Å². The number of aliphatic hydroxyl groups is 1. The number of carbonyl (C=O) groups excluding carboxylic acids is 1. The van der Waals surface area contributed by atoms with Crippen molar-refractivity contribution in [2.24, 2.45) is 5.41 Å². The highest BCUT2D eigenvalue weighted by Gasteiger charge is 2.59. The second-order valence-electron chi connectivity index (χ2n) is 7.38. The largest absolute Gasteiger partial charge is 0.417 e. The number of likely N-dealkylation sites (tertiary alicyclic amines) is 1. The molecular formula is C15H25F3N2O3. The fourth-order valence-electron chi connectivity index (χ4n) is 3.33. The minimum Gasteiger partial charge on any atom is -0.380 e. The normalized spacial score (nSPS) is 33.0. The number of amides is 2. The van der Waals surface area contributed by atoms with Gasteiger partial charge in [0.05, 0.1) is 5.60 Å². The minimum absolute atomic E-state index is 0.0941. The van der Waals surface area contributed by atoms with Crippen molar-refractivity contribution in [3.05, 3.63) is 0 Å². The molecule has 0 spiro atoms. The van der Waals surface area contributed by atoms with Crippen molar-refractivity contribution in [2.75, 3.05) is 20.2 Å². The molecule has 2 aliphatic rings. The summed E-state index contributed by atoms with van der Waals surface area (Å²) in [4.78, 5) is 13.6. The van der Waals surface area contributed by atoms with Gasteiger partial charge < -0.3 is 20.1 Å². The number of hydrogen-bond donors (Lipinski definition) is 2. The third kappa shape index (κ3) is 2.91. The van der Waals surface area contributed by atoms with Gasteiger partial charge in [0.25, 0.3) is 0 Å². The monoisotopic (exact) mass is 338 g/mol. The van der Waals surface area contributed by atoms with Gasteiger partial charge in [-0.2, -0.15) is 13.2 Å². The van der Waals surface area contributed by atoms with Gasteiger partial charge in [-0.05, 0) is 13.3 Å². The van der Waals surface area contributed by atoms with E-state index in [4.69, 9.17) is 4.74 Å². The number of nitrogens with one attached hydrogen (secondary N) is 1. The van der Waals surface area contributed by atoms with Gasteiger partial charge in [-0.1, -0.05) is 13.8 Å². The van der Waals surface area contributed by atoms with Gasteiger partial charge in [0, 0.05) is 44.5 Å². The van der Waals surface area contributed by atoms with E-state index in [2.05, 4.69) is 5.32 Å². The van der Waals surface area contributed by atoms with Gasteiger partial charge in [0.2, 0.25) is 0 Å². The summed E-state index contributed by atoms with van der Waals surface area (Å²) in [5, 5.41) is 12.5. The summed E-state index contributed by atoms with van der Waals surface area (Å²) in [5.74, 6) is 0. The molecule has 2 fully saturated rings. The zero-order valence-electron chi connectivity index (χ0n) is 14.0. The van der Waals surface area contributed by atoms with Crippen LogP contribution in [0, 0.1) is 5.41 Å². The van der Waals surface area contributed by atoms with Crippen LogP contribution in [0.3, 0.4) is 0 Å². The van der Waals surface area contributed by atoms with Gasteiger partial charge in [-0.15, -0.1) is 0 Å². The number of nitrogens with zero attached hydrogens (tertiary/aromatic N) is 1. The van der Waals surface area contributed by atoms with Gasteiger partial charge >= 0.3 is 12.2 Å². The summed E-state index contributed by atoms with van der Waals surface area (Å²) >= 11 is 0. The molecule has 5 nitrogen and oxygen atoms in total. The lowest BCUT2D eigenvalue weighted by Gasteiger charge is -2.59. The number of piperidine rings is 1. The molecule has 2 N–H and O–H groups in total. The number of rotatable bonds is 2. The average molecular weight is 338 g/mol. The van der Waals surface area contributed by atoms with E-state index < -0.39 is 24.6 Å². The van der Waals surface area contributed by atoms with Crippen LogP contribution in [-0.2, 0) is 4.74 Å². The Morgan fingerprint density at radius 2 is 1.78 bits per heavy atom. The third-order valence-corrected chi connectivity index (χ3v) is 5.98. The highest BCUT2D eigenvalue weighted by Crippen LogP contribution is 2.51. The lowest BCUT2D eigenvalue weighted by atomic mass is 9.56. The molecule has 1 saturated carbocycles. The number of methoxy groups -OCH3 is 1. The molecule has 0 unspecified atom stereocenters. The second-order valence-corrected chi connectivity index (χ2v) is 7.38. The summed E-state index contributed by atoms with van der Waals surface area (Å²) in [7, 11) is 1.63. The quantitative estimate of drug-likeness (QED) is 0.812. The molecule has 1 aliphatic heterocycles. The number of alkyl halides is 3. The fraction of sp³-hybridized carbons (Fsp3) is 0.933. The highest BCUT2D eigenvalue weighted by atomic mass is 19.4. The molecule has 1 heterocycles. The maximum atomic E-state index is 12.8. The minimum atomic E-state index is -4.66. The summed E-state index contributed by atoms with van der Waals surface area (Å²) in [6.07, 6.45) is -4.99. The third-order valence-electron chi connectivity index (χ3n) is 5.98. The van der Waals surface area contributed by atoms with Crippen LogP contribution in [0.1, 0.15) is 40.0 Å². The van der Waals surface area contributed by atoms with Crippen LogP contribution < -0.4 is 5.32 Å². The van der Waals surface area contributed by atoms with Crippen LogP contribution in [0.4, 0.5) is 18.0 Å². The molecule has 23 heavy (non-hydrogen) atoms. The predicted octanol–water partition coefficient (Wildman–Crippen LogP) is 2.29. The molecule has 2 atom stereocenters. The first-order chi connectivity index (χ1) is 10.4. The Labute approximate surface area is 134 Å². The molecule has 1 saturated heterocycles. The number of hydrogen-bond acceptors (Lipinski definition) is 3. The van der Waals surface area contributed by atoms with Gasteiger partial charge in [-0.25, -0.2) is 4.79 Å². The van der Waals surface area contributed by atoms with Crippen LogP contribution >= 0.6 is 0 Å². The predicted molar refractivity (Wildman–Crippen MR) is 77.9 cm³/mol. The van der Waals surface area contributed by atoms with Gasteiger partial charge in [-0.3, -0.25) is 0 Å². The Balaban J connectivity index is 1.90. The molecule has 0 aromatic rings. The molecule has 8 heteroatoms. The summed E-state index contributed by atoms with van der Waals surface area (Å²) in [6.45, 7) is 5.72. The van der Waals surface area contributed by atoms with E-state index in [9.17, 15) is 23.1 Å². The summed E-state index contributed by atoms with van der Waals surface area (Å²) in [5.41, 5.74) is -3.28. The first-order valence-corrected chi connectivity index (χ1v) is 7.76. The molecule has 0 aromatic carbocycles. The maximum Gasteiger partial charge on any atom is 0.417 e. The second kappa shape index (κ2) is 5.51. The molecule has 0 aromatic heterocycles. The van der Waals surface area contributed by atoms with Crippen LogP contribution in [0.25, 0.3) is 0 Å². The van der Waals surface area contributed by atoms with Crippen molar-refractivity contribution in [3.63, 3.8) is 0 Å². The topological polar surface area (TPSA) is 61.8 Å². The van der Waals surface area contributed by atoms with Crippen molar-refractivity contribution < 1.29 is 27.8 Å². The lowest BCUT2D eigenvalue weighted by molar-refractivity contribution is -0.271. The van der Waals surface area contributed by atoms with Crippen molar-refractivity contribution in [2.45, 2.75) is 63.5 Å². The smallest absolute Gasteiger partial charge is 0.380 e. The van der Waals surface area contributed by atoms with E-state index in [0.29, 0.717) is 6.42 Å². The number of halogens is 3. The average Bonchev–Trinajstić information content (AvgIpc) is 2.46. The SMILES string of the molecule is CO[C@]1(C)C[C@H](NC(=O)N2CCC(O)(C(F)(F)F)CC2)C1(C)C. The van der Waals surface area contributed by atoms with E-state index in [0.717, 1.165) is 0 Å². The van der Waals surface area contributed by atoms with E-state index in [1.54, 1.807) is 7.11 Å². The molecule has 2 amide bonds. The molecule has 0 bridgehead atoms. The highest BCUT2D eigenvalue weighted by molar-refractivity contribution is 5.75. The van der Waals surface area contributed by atoms with Gasteiger partial charge in [0.15, 0.2) is 5.60 Å². The van der Waals surface area contributed by atoms with Gasteiger partial charge in [0.1, 0.15) is 0 Å². The standard InChI is InChI=1S/C15H25F3N2O3/c1-12(2)10(9-13(12,3)23-4)19-11(21)20-7-5-14(22,6-8-20)15(16,17)18/h10,22H,5-9H2,1-4H3,(H,19,21)/t10-,13+/m0/s1. The molecule has 0 radical (unpaired) electrons. The van der Waals surface area contributed by atoms with E-state index in [-0.39, 0.29) is 36.2 Å². The van der Waals surface area contributed by atoms with Crippen molar-refractivity contribution in [3.8, 4) is 0 Å². The Morgan fingerprint density at radius 3 is 2.17 bits per heavy atom. The number of carbonyl (C=O) groups is 1. The van der Waals surface area contributed by atoms with Crippen molar-refractivity contribution in [1.29, 1.82) is 0 Å². The number of urea groups is 1.